The van der Waals surface area contributed by atoms with Gasteiger partial charge in [-0.3, -0.25) is 4.90 Å². The Morgan fingerprint density at radius 2 is 2.12 bits per heavy atom. The van der Waals surface area contributed by atoms with Crippen LogP contribution in [0.25, 0.3) is 0 Å². The van der Waals surface area contributed by atoms with Gasteiger partial charge >= 0.3 is 0 Å². The van der Waals surface area contributed by atoms with Crippen molar-refractivity contribution in [3.8, 4) is 0 Å². The molecule has 0 amide bonds. The van der Waals surface area contributed by atoms with Crippen LogP contribution in [0.2, 0.25) is 0 Å². The highest BCUT2D eigenvalue weighted by atomic mass is 15.3. The van der Waals surface area contributed by atoms with Crippen LogP contribution in [0.1, 0.15) is 18.9 Å². The number of hydrogen-bond acceptors (Lipinski definition) is 3. The largest absolute Gasteiger partial charge is 0.397 e. The second-order valence-corrected chi connectivity index (χ2v) is 5.00. The fraction of sp³-hybridized carbons (Fsp3) is 0.571. The van der Waals surface area contributed by atoms with Crippen molar-refractivity contribution in [2.75, 3.05) is 37.3 Å². The number of anilines is 2. The zero-order valence-electron chi connectivity index (χ0n) is 11.1. The fourth-order valence-electron chi connectivity index (χ4n) is 2.55. The zero-order chi connectivity index (χ0) is 12.4. The predicted molar refractivity (Wildman–Crippen MR) is 74.5 cm³/mol. The number of nitrogens with zero attached hydrogens (tertiary/aromatic N) is 2. The molecule has 0 radical (unpaired) electrons. The molecule has 1 atom stereocenters. The van der Waals surface area contributed by atoms with Gasteiger partial charge in [0.25, 0.3) is 0 Å². The monoisotopic (exact) mass is 233 g/mol. The van der Waals surface area contributed by atoms with Crippen LogP contribution in [0, 0.1) is 6.92 Å². The summed E-state index contributed by atoms with van der Waals surface area (Å²) in [5.74, 6) is 0. The van der Waals surface area contributed by atoms with E-state index in [-0.39, 0.29) is 0 Å². The number of rotatable bonds is 2. The molecular formula is C14H23N3. The van der Waals surface area contributed by atoms with Crippen LogP contribution in [0.5, 0.6) is 0 Å². The van der Waals surface area contributed by atoms with Crippen LogP contribution in [-0.4, -0.2) is 37.6 Å². The number of aryl methyl sites for hydroxylation is 1. The van der Waals surface area contributed by atoms with Gasteiger partial charge in [0.1, 0.15) is 0 Å². The first-order valence-corrected chi connectivity index (χ1v) is 6.43. The third-order valence-corrected chi connectivity index (χ3v) is 3.89. The SMILES string of the molecule is CCC1CN(c2cccc(C)c2N)CCN1C. The van der Waals surface area contributed by atoms with Gasteiger partial charge in [-0.05, 0) is 32.0 Å². The lowest BCUT2D eigenvalue weighted by Crippen LogP contribution is -2.51. The van der Waals surface area contributed by atoms with E-state index in [1.165, 1.54) is 17.7 Å². The summed E-state index contributed by atoms with van der Waals surface area (Å²) in [4.78, 5) is 4.87. The van der Waals surface area contributed by atoms with Gasteiger partial charge in [-0.2, -0.15) is 0 Å². The number of nitrogens with two attached hydrogens (primary N) is 1. The second-order valence-electron chi connectivity index (χ2n) is 5.00. The van der Waals surface area contributed by atoms with Gasteiger partial charge in [0.15, 0.2) is 0 Å². The average Bonchev–Trinajstić information content (AvgIpc) is 2.34. The lowest BCUT2D eigenvalue weighted by molar-refractivity contribution is 0.213. The third kappa shape index (κ3) is 2.39. The smallest absolute Gasteiger partial charge is 0.0603 e. The Kier molecular flexibility index (Phi) is 3.57. The van der Waals surface area contributed by atoms with Crippen molar-refractivity contribution in [3.63, 3.8) is 0 Å². The van der Waals surface area contributed by atoms with Crippen molar-refractivity contribution in [3.05, 3.63) is 23.8 Å². The van der Waals surface area contributed by atoms with Crippen molar-refractivity contribution >= 4 is 11.4 Å². The van der Waals surface area contributed by atoms with Crippen molar-refractivity contribution < 1.29 is 0 Å². The molecule has 0 aromatic heterocycles. The molecule has 2 N–H and O–H groups in total. The molecule has 0 saturated carbocycles. The highest BCUT2D eigenvalue weighted by molar-refractivity contribution is 5.71. The van der Waals surface area contributed by atoms with Crippen LogP contribution >= 0.6 is 0 Å². The number of para-hydroxylation sites is 1. The summed E-state index contributed by atoms with van der Waals surface area (Å²) in [6.07, 6.45) is 1.19. The van der Waals surface area contributed by atoms with Crippen molar-refractivity contribution in [1.29, 1.82) is 0 Å². The molecule has 0 aliphatic carbocycles. The summed E-state index contributed by atoms with van der Waals surface area (Å²) >= 11 is 0. The van der Waals surface area contributed by atoms with E-state index in [1.807, 2.05) is 0 Å². The lowest BCUT2D eigenvalue weighted by atomic mass is 10.1. The van der Waals surface area contributed by atoms with Crippen LogP contribution < -0.4 is 10.6 Å². The first-order chi connectivity index (χ1) is 8.13. The van der Waals surface area contributed by atoms with Gasteiger partial charge in [0.05, 0.1) is 11.4 Å². The molecule has 2 rings (SSSR count). The normalized spacial score (nSPS) is 21.8. The zero-order valence-corrected chi connectivity index (χ0v) is 11.1. The maximum atomic E-state index is 6.18. The minimum atomic E-state index is 0.642. The van der Waals surface area contributed by atoms with E-state index in [0.29, 0.717) is 6.04 Å². The number of hydrogen-bond donors (Lipinski definition) is 1. The van der Waals surface area contributed by atoms with Gasteiger partial charge in [0, 0.05) is 25.7 Å². The Balaban J connectivity index is 2.20. The van der Waals surface area contributed by atoms with E-state index in [4.69, 9.17) is 5.73 Å². The Labute approximate surface area is 104 Å². The maximum Gasteiger partial charge on any atom is 0.0603 e. The Morgan fingerprint density at radius 1 is 1.35 bits per heavy atom. The molecule has 1 aliphatic heterocycles. The topological polar surface area (TPSA) is 32.5 Å². The standard InChI is InChI=1S/C14H23N3/c1-4-12-10-17(9-8-16(12)3)13-7-5-6-11(2)14(13)15/h5-7,12H,4,8-10,15H2,1-3H3. The molecule has 1 heterocycles. The van der Waals surface area contributed by atoms with E-state index >= 15 is 0 Å². The van der Waals surface area contributed by atoms with E-state index in [1.54, 1.807) is 0 Å². The minimum Gasteiger partial charge on any atom is -0.397 e. The van der Waals surface area contributed by atoms with E-state index in [9.17, 15) is 0 Å². The van der Waals surface area contributed by atoms with E-state index < -0.39 is 0 Å². The minimum absolute atomic E-state index is 0.642. The molecule has 1 saturated heterocycles. The molecule has 1 aromatic carbocycles. The first kappa shape index (κ1) is 12.2. The molecule has 0 spiro atoms. The lowest BCUT2D eigenvalue weighted by Gasteiger charge is -2.40. The van der Waals surface area contributed by atoms with Crippen molar-refractivity contribution in [2.24, 2.45) is 0 Å². The molecule has 94 valence electrons. The van der Waals surface area contributed by atoms with Gasteiger partial charge in [-0.1, -0.05) is 19.1 Å². The molecule has 1 aliphatic rings. The molecule has 0 bridgehead atoms. The molecular weight excluding hydrogens is 210 g/mol. The van der Waals surface area contributed by atoms with Crippen molar-refractivity contribution in [2.45, 2.75) is 26.3 Å². The molecule has 1 aromatic rings. The average molecular weight is 233 g/mol. The Morgan fingerprint density at radius 3 is 2.82 bits per heavy atom. The number of piperazine rings is 1. The summed E-state index contributed by atoms with van der Waals surface area (Å²) in [6, 6.07) is 6.95. The molecule has 3 nitrogen and oxygen atoms in total. The number of likely N-dealkylation sites (N-methyl/N-ethyl adjacent to an activating group) is 1. The predicted octanol–water partition coefficient (Wildman–Crippen LogP) is 2.11. The fourth-order valence-corrected chi connectivity index (χ4v) is 2.55. The van der Waals surface area contributed by atoms with Gasteiger partial charge in [-0.15, -0.1) is 0 Å². The molecule has 17 heavy (non-hydrogen) atoms. The third-order valence-electron chi connectivity index (χ3n) is 3.89. The number of nitrogen functional groups attached to an aromatic ring is 1. The summed E-state index contributed by atoms with van der Waals surface area (Å²) < 4.78 is 0. The quantitative estimate of drug-likeness (QED) is 0.794. The van der Waals surface area contributed by atoms with Gasteiger partial charge in [-0.25, -0.2) is 0 Å². The molecule has 1 unspecified atom stereocenters. The van der Waals surface area contributed by atoms with Gasteiger partial charge in [0.2, 0.25) is 0 Å². The summed E-state index contributed by atoms with van der Waals surface area (Å²) in [6.45, 7) is 7.60. The summed E-state index contributed by atoms with van der Waals surface area (Å²) in [5.41, 5.74) is 9.50. The maximum absolute atomic E-state index is 6.18. The van der Waals surface area contributed by atoms with E-state index in [2.05, 4.69) is 48.9 Å². The summed E-state index contributed by atoms with van der Waals surface area (Å²) in [7, 11) is 2.21. The van der Waals surface area contributed by atoms with Gasteiger partial charge < -0.3 is 10.6 Å². The molecule has 1 fully saturated rings. The highest BCUT2D eigenvalue weighted by Crippen LogP contribution is 2.28. The highest BCUT2D eigenvalue weighted by Gasteiger charge is 2.24. The van der Waals surface area contributed by atoms with Crippen LogP contribution in [0.15, 0.2) is 18.2 Å². The van der Waals surface area contributed by atoms with Crippen LogP contribution in [0.4, 0.5) is 11.4 Å². The van der Waals surface area contributed by atoms with Crippen LogP contribution in [-0.2, 0) is 0 Å². The number of benzene rings is 1. The first-order valence-electron chi connectivity index (χ1n) is 6.43. The summed E-state index contributed by atoms with van der Waals surface area (Å²) in [5, 5.41) is 0. The second kappa shape index (κ2) is 4.96. The Bertz CT molecular complexity index is 389. The van der Waals surface area contributed by atoms with E-state index in [0.717, 1.165) is 25.3 Å². The van der Waals surface area contributed by atoms with Crippen molar-refractivity contribution in [1.82, 2.24) is 4.90 Å². The molecule has 3 heteroatoms. The van der Waals surface area contributed by atoms with Crippen LogP contribution in [0.3, 0.4) is 0 Å². The Hall–Kier alpha value is -1.22.